The lowest BCUT2D eigenvalue weighted by Crippen LogP contribution is -2.32. The molecule has 1 amide bonds. The number of hydrogen-bond donors (Lipinski definition) is 2. The molecule has 1 aliphatic carbocycles. The highest BCUT2D eigenvalue weighted by atomic mass is 16.3. The molecule has 76 valence electrons. The molecular weight excluding hydrogens is 180 g/mol. The number of furan rings is 1. The zero-order valence-corrected chi connectivity index (χ0v) is 7.95. The lowest BCUT2D eigenvalue weighted by Gasteiger charge is -2.03. The fraction of sp³-hybridized carbons (Fsp3) is 0.500. The maximum atomic E-state index is 11.4. The molecule has 0 bridgehead atoms. The molecule has 0 aliphatic heterocycles. The van der Waals surface area contributed by atoms with Crippen molar-refractivity contribution in [3.05, 3.63) is 24.2 Å². The van der Waals surface area contributed by atoms with Gasteiger partial charge in [0.1, 0.15) is 6.26 Å². The van der Waals surface area contributed by atoms with E-state index >= 15 is 0 Å². The highest BCUT2D eigenvalue weighted by molar-refractivity contribution is 5.93. The Kier molecular flexibility index (Phi) is 2.84. The van der Waals surface area contributed by atoms with E-state index in [9.17, 15) is 4.79 Å². The van der Waals surface area contributed by atoms with Gasteiger partial charge >= 0.3 is 0 Å². The van der Waals surface area contributed by atoms with Gasteiger partial charge in [0.2, 0.25) is 0 Å². The lowest BCUT2D eigenvalue weighted by atomic mass is 10.3. The first-order valence-electron chi connectivity index (χ1n) is 4.90. The van der Waals surface area contributed by atoms with Crippen LogP contribution in [0.2, 0.25) is 0 Å². The van der Waals surface area contributed by atoms with Gasteiger partial charge in [-0.05, 0) is 18.9 Å². The van der Waals surface area contributed by atoms with Crippen molar-refractivity contribution in [1.29, 1.82) is 0 Å². The lowest BCUT2D eigenvalue weighted by molar-refractivity contribution is 0.0953. The second kappa shape index (κ2) is 4.28. The molecular formula is C10H14N2O2. The predicted molar refractivity (Wildman–Crippen MR) is 52.1 cm³/mol. The Morgan fingerprint density at radius 3 is 3.00 bits per heavy atom. The van der Waals surface area contributed by atoms with Gasteiger partial charge in [0.05, 0.1) is 11.8 Å². The largest absolute Gasteiger partial charge is 0.472 e. The Bertz CT molecular complexity index is 291. The van der Waals surface area contributed by atoms with Crippen LogP contribution in [0.5, 0.6) is 0 Å². The molecule has 14 heavy (non-hydrogen) atoms. The number of rotatable bonds is 5. The van der Waals surface area contributed by atoms with Crippen LogP contribution in [0, 0.1) is 0 Å². The minimum absolute atomic E-state index is 0.0728. The predicted octanol–water partition coefficient (Wildman–Crippen LogP) is 0.761. The quantitative estimate of drug-likeness (QED) is 0.680. The van der Waals surface area contributed by atoms with Gasteiger partial charge in [-0.25, -0.2) is 0 Å². The Morgan fingerprint density at radius 1 is 1.50 bits per heavy atom. The molecule has 2 N–H and O–H groups in total. The van der Waals surface area contributed by atoms with E-state index in [-0.39, 0.29) is 5.91 Å². The van der Waals surface area contributed by atoms with Gasteiger partial charge in [0, 0.05) is 19.1 Å². The maximum absolute atomic E-state index is 11.4. The Balaban J connectivity index is 1.62. The van der Waals surface area contributed by atoms with Crippen LogP contribution in [0.1, 0.15) is 23.2 Å². The van der Waals surface area contributed by atoms with E-state index in [1.54, 1.807) is 6.07 Å². The molecule has 1 fully saturated rings. The van der Waals surface area contributed by atoms with Gasteiger partial charge in [0.15, 0.2) is 0 Å². The average molecular weight is 194 g/mol. The summed E-state index contributed by atoms with van der Waals surface area (Å²) in [5, 5.41) is 6.13. The van der Waals surface area contributed by atoms with E-state index in [0.717, 1.165) is 6.54 Å². The molecule has 0 atom stereocenters. The summed E-state index contributed by atoms with van der Waals surface area (Å²) in [7, 11) is 0. The molecule has 1 saturated carbocycles. The Labute approximate surface area is 82.7 Å². The Morgan fingerprint density at radius 2 is 2.36 bits per heavy atom. The van der Waals surface area contributed by atoms with Crippen molar-refractivity contribution in [3.8, 4) is 0 Å². The standard InChI is InChI=1S/C10H14N2O2/c13-10(8-3-6-14-7-8)12-5-4-11-9-1-2-9/h3,6-7,9,11H,1-2,4-5H2,(H,12,13). The molecule has 0 radical (unpaired) electrons. The van der Waals surface area contributed by atoms with Crippen LogP contribution < -0.4 is 10.6 Å². The molecule has 0 unspecified atom stereocenters. The monoisotopic (exact) mass is 194 g/mol. The number of hydrogen-bond acceptors (Lipinski definition) is 3. The summed E-state index contributed by atoms with van der Waals surface area (Å²) in [6, 6.07) is 2.35. The SMILES string of the molecule is O=C(NCCNC1CC1)c1ccoc1. The van der Waals surface area contributed by atoms with Crippen LogP contribution in [0.15, 0.2) is 23.0 Å². The van der Waals surface area contributed by atoms with E-state index in [1.807, 2.05) is 0 Å². The van der Waals surface area contributed by atoms with Crippen LogP contribution in [-0.2, 0) is 0 Å². The topological polar surface area (TPSA) is 54.3 Å². The molecule has 0 aromatic carbocycles. The third-order valence-corrected chi connectivity index (χ3v) is 2.20. The van der Waals surface area contributed by atoms with Crippen LogP contribution in [0.3, 0.4) is 0 Å². The molecule has 4 heteroatoms. The van der Waals surface area contributed by atoms with E-state index < -0.39 is 0 Å². The van der Waals surface area contributed by atoms with Crippen LogP contribution >= 0.6 is 0 Å². The van der Waals surface area contributed by atoms with Crippen LogP contribution in [-0.4, -0.2) is 25.0 Å². The summed E-state index contributed by atoms with van der Waals surface area (Å²) in [4.78, 5) is 11.4. The third-order valence-electron chi connectivity index (χ3n) is 2.20. The van der Waals surface area contributed by atoms with Crippen molar-refractivity contribution < 1.29 is 9.21 Å². The summed E-state index contributed by atoms with van der Waals surface area (Å²) in [6.45, 7) is 1.51. The van der Waals surface area contributed by atoms with Crippen molar-refractivity contribution in [2.75, 3.05) is 13.1 Å². The van der Waals surface area contributed by atoms with Crippen molar-refractivity contribution in [1.82, 2.24) is 10.6 Å². The van der Waals surface area contributed by atoms with E-state index in [2.05, 4.69) is 10.6 Å². The minimum Gasteiger partial charge on any atom is -0.472 e. The van der Waals surface area contributed by atoms with Crippen molar-refractivity contribution in [2.24, 2.45) is 0 Å². The normalized spacial score (nSPS) is 15.4. The molecule has 1 aromatic rings. The first-order valence-corrected chi connectivity index (χ1v) is 4.90. The molecule has 1 heterocycles. The van der Waals surface area contributed by atoms with Gasteiger partial charge in [-0.3, -0.25) is 4.79 Å². The van der Waals surface area contributed by atoms with Crippen molar-refractivity contribution in [3.63, 3.8) is 0 Å². The molecule has 0 spiro atoms. The van der Waals surface area contributed by atoms with Gasteiger partial charge < -0.3 is 15.1 Å². The van der Waals surface area contributed by atoms with Crippen molar-refractivity contribution in [2.45, 2.75) is 18.9 Å². The van der Waals surface area contributed by atoms with Crippen molar-refractivity contribution >= 4 is 5.91 Å². The van der Waals surface area contributed by atoms with Crippen LogP contribution in [0.25, 0.3) is 0 Å². The number of carbonyl (C=O) groups excluding carboxylic acids is 1. The van der Waals surface area contributed by atoms with Crippen LogP contribution in [0.4, 0.5) is 0 Å². The second-order valence-electron chi connectivity index (χ2n) is 3.50. The molecule has 1 aromatic heterocycles. The summed E-state index contributed by atoms with van der Waals surface area (Å²) >= 11 is 0. The number of nitrogens with one attached hydrogen (secondary N) is 2. The summed E-state index contributed by atoms with van der Waals surface area (Å²) in [5.74, 6) is -0.0728. The highest BCUT2D eigenvalue weighted by Crippen LogP contribution is 2.17. The zero-order valence-electron chi connectivity index (χ0n) is 7.95. The fourth-order valence-corrected chi connectivity index (χ4v) is 1.24. The summed E-state index contributed by atoms with van der Waals surface area (Å²) < 4.78 is 4.81. The molecule has 1 aliphatic rings. The molecule has 4 nitrogen and oxygen atoms in total. The zero-order chi connectivity index (χ0) is 9.80. The van der Waals surface area contributed by atoms with E-state index in [4.69, 9.17) is 4.42 Å². The van der Waals surface area contributed by atoms with Gasteiger partial charge in [0.25, 0.3) is 5.91 Å². The van der Waals surface area contributed by atoms with E-state index in [1.165, 1.54) is 25.4 Å². The first-order chi connectivity index (χ1) is 6.86. The van der Waals surface area contributed by atoms with Gasteiger partial charge in [-0.2, -0.15) is 0 Å². The summed E-state index contributed by atoms with van der Waals surface area (Å²) in [5.41, 5.74) is 0.580. The Hall–Kier alpha value is -1.29. The second-order valence-corrected chi connectivity index (χ2v) is 3.50. The van der Waals surface area contributed by atoms with E-state index in [0.29, 0.717) is 18.2 Å². The smallest absolute Gasteiger partial charge is 0.254 e. The van der Waals surface area contributed by atoms with Gasteiger partial charge in [-0.15, -0.1) is 0 Å². The summed E-state index contributed by atoms with van der Waals surface area (Å²) in [6.07, 6.45) is 5.49. The fourth-order valence-electron chi connectivity index (χ4n) is 1.24. The number of amides is 1. The average Bonchev–Trinajstić information content (AvgIpc) is 2.84. The molecule has 2 rings (SSSR count). The maximum Gasteiger partial charge on any atom is 0.254 e. The first kappa shape index (κ1) is 9.27. The minimum atomic E-state index is -0.0728. The highest BCUT2D eigenvalue weighted by Gasteiger charge is 2.19. The number of carbonyl (C=O) groups is 1. The van der Waals surface area contributed by atoms with Gasteiger partial charge in [-0.1, -0.05) is 0 Å². The third kappa shape index (κ3) is 2.60. The molecule has 0 saturated heterocycles.